The molecule has 2 aliphatic rings. The second-order valence-electron chi connectivity index (χ2n) is 6.44. The van der Waals surface area contributed by atoms with E-state index >= 15 is 0 Å². The number of thioether (sulfide) groups is 1. The Labute approximate surface area is 172 Å². The van der Waals surface area contributed by atoms with Gasteiger partial charge in [-0.3, -0.25) is 0 Å². The van der Waals surface area contributed by atoms with Crippen LogP contribution in [0.2, 0.25) is 10.0 Å². The lowest BCUT2D eigenvalue weighted by atomic mass is 9.89. The molecule has 148 valence electrons. The molecule has 1 aromatic heterocycles. The van der Waals surface area contributed by atoms with Gasteiger partial charge in [0.15, 0.2) is 5.16 Å². The first-order valence-electron chi connectivity index (χ1n) is 8.14. The molecule has 0 saturated carbocycles. The fraction of sp³-hybridized carbons (Fsp3) is 0.353. The van der Waals surface area contributed by atoms with Crippen LogP contribution in [0.1, 0.15) is 23.2 Å². The summed E-state index contributed by atoms with van der Waals surface area (Å²) in [6, 6.07) is 3.77. The monoisotopic (exact) mass is 448 g/mol. The molecule has 1 atom stereocenters. The Morgan fingerprint density at radius 1 is 1.18 bits per heavy atom. The molecule has 11 heteroatoms. The van der Waals surface area contributed by atoms with Crippen LogP contribution in [0, 0.1) is 0 Å². The Morgan fingerprint density at radius 2 is 1.89 bits per heavy atom. The van der Waals surface area contributed by atoms with Gasteiger partial charge in [-0.2, -0.15) is 13.2 Å². The zero-order valence-corrected chi connectivity index (χ0v) is 16.8. The molecule has 5 nitrogen and oxygen atoms in total. The lowest BCUT2D eigenvalue weighted by Gasteiger charge is -2.30. The van der Waals surface area contributed by atoms with Crippen molar-refractivity contribution in [2.75, 3.05) is 6.26 Å². The zero-order valence-electron chi connectivity index (χ0n) is 14.4. The number of halogens is 5. The molecule has 2 aromatic rings. The van der Waals surface area contributed by atoms with Crippen molar-refractivity contribution >= 4 is 40.8 Å². The molecular formula is C17H13Cl2F3N4OS. The zero-order chi connectivity index (χ0) is 20.1. The third-order valence-electron chi connectivity index (χ3n) is 4.68. The standard InChI is InChI=1S/C17H13Cl2F3N4OS/c1-28-15-23-6-9-7-26(8-13(9)24-15)14-5-16(27-25-14,17(20,21)22)10-2-11(18)4-12(19)3-10/h2-4,6H,5,7-8H2,1H3. The summed E-state index contributed by atoms with van der Waals surface area (Å²) in [6.45, 7) is 0.717. The minimum atomic E-state index is -4.72. The van der Waals surface area contributed by atoms with Gasteiger partial charge in [0.1, 0.15) is 5.84 Å². The van der Waals surface area contributed by atoms with Crippen LogP contribution in [0.25, 0.3) is 0 Å². The molecule has 0 radical (unpaired) electrons. The summed E-state index contributed by atoms with van der Waals surface area (Å²) in [5.74, 6) is 0.192. The van der Waals surface area contributed by atoms with Crippen molar-refractivity contribution in [3.8, 4) is 0 Å². The lowest BCUT2D eigenvalue weighted by molar-refractivity contribution is -0.275. The van der Waals surface area contributed by atoms with Crippen LogP contribution >= 0.6 is 35.0 Å². The van der Waals surface area contributed by atoms with E-state index in [0.29, 0.717) is 18.2 Å². The SMILES string of the molecule is CSc1ncc2c(n1)CN(C1=NOC(c3cc(Cl)cc(Cl)c3)(C(F)(F)F)C1)C2. The van der Waals surface area contributed by atoms with Gasteiger partial charge in [-0.15, -0.1) is 0 Å². The third kappa shape index (κ3) is 3.29. The predicted molar refractivity (Wildman–Crippen MR) is 100 cm³/mol. The number of fused-ring (bicyclic) bond motifs is 1. The summed E-state index contributed by atoms with van der Waals surface area (Å²) in [5.41, 5.74) is -1.19. The molecule has 1 unspecified atom stereocenters. The maximum absolute atomic E-state index is 14.1. The van der Waals surface area contributed by atoms with Crippen LogP contribution in [-0.4, -0.2) is 33.1 Å². The number of amidine groups is 1. The summed E-state index contributed by atoms with van der Waals surface area (Å²) in [7, 11) is 0. The van der Waals surface area contributed by atoms with Gasteiger partial charge >= 0.3 is 6.18 Å². The van der Waals surface area contributed by atoms with Crippen molar-refractivity contribution in [2.45, 2.75) is 36.4 Å². The topological polar surface area (TPSA) is 50.6 Å². The predicted octanol–water partition coefficient (Wildman–Crippen LogP) is 5.01. The number of hydrogen-bond donors (Lipinski definition) is 0. The lowest BCUT2D eigenvalue weighted by Crippen LogP contribution is -2.43. The minimum Gasteiger partial charge on any atom is -0.372 e. The maximum atomic E-state index is 14.1. The van der Waals surface area contributed by atoms with Crippen molar-refractivity contribution in [1.82, 2.24) is 14.9 Å². The molecule has 0 aliphatic carbocycles. The van der Waals surface area contributed by atoms with Gasteiger partial charge in [0, 0.05) is 33.9 Å². The first kappa shape index (κ1) is 19.6. The minimum absolute atomic E-state index is 0.0941. The second kappa shape index (κ2) is 6.96. The van der Waals surface area contributed by atoms with Gasteiger partial charge in [-0.1, -0.05) is 40.1 Å². The molecule has 0 fully saturated rings. The van der Waals surface area contributed by atoms with Crippen LogP contribution < -0.4 is 0 Å². The third-order valence-corrected chi connectivity index (χ3v) is 5.68. The number of benzene rings is 1. The van der Waals surface area contributed by atoms with E-state index in [0.717, 1.165) is 11.3 Å². The van der Waals surface area contributed by atoms with E-state index in [4.69, 9.17) is 28.0 Å². The molecule has 0 spiro atoms. The van der Waals surface area contributed by atoms with Crippen LogP contribution in [0.5, 0.6) is 0 Å². The first-order chi connectivity index (χ1) is 13.2. The van der Waals surface area contributed by atoms with Crippen molar-refractivity contribution in [3.05, 3.63) is 51.3 Å². The summed E-state index contributed by atoms with van der Waals surface area (Å²) in [4.78, 5) is 15.4. The van der Waals surface area contributed by atoms with Crippen LogP contribution in [0.3, 0.4) is 0 Å². The molecular weight excluding hydrogens is 436 g/mol. The van der Waals surface area contributed by atoms with Gasteiger partial charge in [0.25, 0.3) is 5.60 Å². The number of aromatic nitrogens is 2. The number of rotatable bonds is 2. The Kier molecular flexibility index (Phi) is 4.87. The van der Waals surface area contributed by atoms with Gasteiger partial charge in [0.05, 0.1) is 18.7 Å². The maximum Gasteiger partial charge on any atom is 0.435 e. The molecule has 28 heavy (non-hydrogen) atoms. The molecule has 0 saturated heterocycles. The van der Waals surface area contributed by atoms with E-state index in [1.54, 1.807) is 11.1 Å². The number of nitrogens with zero attached hydrogens (tertiary/aromatic N) is 4. The van der Waals surface area contributed by atoms with Gasteiger partial charge < -0.3 is 9.74 Å². The smallest absolute Gasteiger partial charge is 0.372 e. The quantitative estimate of drug-likeness (QED) is 0.477. The van der Waals surface area contributed by atoms with Crippen LogP contribution in [-0.2, 0) is 23.5 Å². The van der Waals surface area contributed by atoms with E-state index in [2.05, 4.69) is 15.1 Å². The highest BCUT2D eigenvalue weighted by Gasteiger charge is 2.63. The normalized spacial score (nSPS) is 21.5. The Bertz CT molecular complexity index is 952. The molecule has 0 bridgehead atoms. The van der Waals surface area contributed by atoms with Crippen LogP contribution in [0.4, 0.5) is 13.2 Å². The van der Waals surface area contributed by atoms with Crippen molar-refractivity contribution in [2.24, 2.45) is 5.16 Å². The average Bonchev–Trinajstić information content (AvgIpc) is 3.24. The Balaban J connectivity index is 1.63. The van der Waals surface area contributed by atoms with Crippen molar-refractivity contribution < 1.29 is 18.0 Å². The molecule has 3 heterocycles. The number of oxime groups is 1. The number of hydrogen-bond acceptors (Lipinski definition) is 6. The molecule has 0 N–H and O–H groups in total. The van der Waals surface area contributed by atoms with E-state index in [9.17, 15) is 13.2 Å². The van der Waals surface area contributed by atoms with E-state index in [1.165, 1.54) is 30.0 Å². The van der Waals surface area contributed by atoms with Gasteiger partial charge in [-0.05, 0) is 24.5 Å². The molecule has 0 amide bonds. The Hall–Kier alpha value is -1.71. The highest BCUT2D eigenvalue weighted by atomic mass is 35.5. The first-order valence-corrected chi connectivity index (χ1v) is 10.1. The molecule has 2 aliphatic heterocycles. The van der Waals surface area contributed by atoms with E-state index in [-0.39, 0.29) is 21.4 Å². The van der Waals surface area contributed by atoms with Crippen molar-refractivity contribution in [3.63, 3.8) is 0 Å². The summed E-state index contributed by atoms with van der Waals surface area (Å²) in [6.07, 6.45) is -1.65. The highest BCUT2D eigenvalue weighted by molar-refractivity contribution is 7.98. The molecule has 4 rings (SSSR count). The molecule has 1 aromatic carbocycles. The van der Waals surface area contributed by atoms with Crippen molar-refractivity contribution in [1.29, 1.82) is 0 Å². The largest absolute Gasteiger partial charge is 0.435 e. The summed E-state index contributed by atoms with van der Waals surface area (Å²) >= 11 is 13.2. The van der Waals surface area contributed by atoms with Gasteiger partial charge in [-0.25, -0.2) is 9.97 Å². The fourth-order valence-electron chi connectivity index (χ4n) is 3.26. The average molecular weight is 449 g/mol. The summed E-state index contributed by atoms with van der Waals surface area (Å²) in [5, 5.41) is 4.58. The fourth-order valence-corrected chi connectivity index (χ4v) is 4.15. The summed E-state index contributed by atoms with van der Waals surface area (Å²) < 4.78 is 42.2. The Morgan fingerprint density at radius 3 is 2.54 bits per heavy atom. The van der Waals surface area contributed by atoms with Gasteiger partial charge in [0.2, 0.25) is 0 Å². The number of alkyl halides is 3. The second-order valence-corrected chi connectivity index (χ2v) is 8.09. The van der Waals surface area contributed by atoms with Crippen LogP contribution in [0.15, 0.2) is 34.7 Å². The highest BCUT2D eigenvalue weighted by Crippen LogP contribution is 2.49. The van der Waals surface area contributed by atoms with E-state index in [1.807, 2.05) is 6.26 Å². The van der Waals surface area contributed by atoms with E-state index < -0.39 is 18.2 Å².